The zero-order valence-corrected chi connectivity index (χ0v) is 18.0. The number of carbonyl (C=O) groups is 1. The minimum atomic E-state index is -7.57. The average molecular weight is 592 g/mol. The number of nitro groups is 1. The Kier molecular flexibility index (Phi) is 8.19. The number of amides is 1. The van der Waals surface area contributed by atoms with Crippen molar-refractivity contribution in [2.75, 3.05) is 5.32 Å². The fourth-order valence-corrected chi connectivity index (χ4v) is 2.65. The zero-order valence-electron chi connectivity index (χ0n) is 18.0. The van der Waals surface area contributed by atoms with Crippen LogP contribution in [0.1, 0.15) is 15.9 Å². The van der Waals surface area contributed by atoms with Crippen molar-refractivity contribution in [2.45, 2.75) is 36.5 Å². The molecule has 7 nitrogen and oxygen atoms in total. The molecule has 1 N–H and O–H groups in total. The zero-order chi connectivity index (χ0) is 30.2. The molecular formula is C19H9F13N2O5. The molecule has 0 atom stereocenters. The van der Waals surface area contributed by atoms with Crippen molar-refractivity contribution < 1.29 is 76.3 Å². The van der Waals surface area contributed by atoms with E-state index >= 15 is 0 Å². The molecule has 216 valence electrons. The van der Waals surface area contributed by atoms with Crippen LogP contribution in [0, 0.1) is 10.1 Å². The molecule has 0 radical (unpaired) electrons. The summed E-state index contributed by atoms with van der Waals surface area (Å²) in [6.45, 7) is 0. The van der Waals surface area contributed by atoms with Gasteiger partial charge in [-0.2, -0.15) is 43.9 Å². The van der Waals surface area contributed by atoms with Gasteiger partial charge in [0.1, 0.15) is 5.56 Å². The van der Waals surface area contributed by atoms with Gasteiger partial charge in [-0.05, 0) is 18.2 Å². The van der Waals surface area contributed by atoms with Gasteiger partial charge in [-0.1, -0.05) is 24.3 Å². The average Bonchev–Trinajstić information content (AvgIpc) is 2.76. The Morgan fingerprint density at radius 1 is 0.744 bits per heavy atom. The van der Waals surface area contributed by atoms with Gasteiger partial charge in [0.25, 0.3) is 11.6 Å². The standard InChI is InChI=1S/C19H9F13N2O5/c20-14(21,16(24,25)38-17(26,27)15(22,23)18(28,29)39-19(30,31)32)9-4-3-5-10(8-9)33-13(35)11-6-1-2-7-12(11)34(36)37/h1-8H,(H,33,35). The summed E-state index contributed by atoms with van der Waals surface area (Å²) in [5, 5.41) is 12.8. The van der Waals surface area contributed by atoms with Crippen LogP contribution in [0.5, 0.6) is 0 Å². The van der Waals surface area contributed by atoms with Gasteiger partial charge in [0.05, 0.1) is 4.92 Å². The number of rotatable bonds is 10. The maximum absolute atomic E-state index is 14.4. The number of anilines is 1. The van der Waals surface area contributed by atoms with Gasteiger partial charge in [-0.25, -0.2) is 9.47 Å². The Labute approximate surface area is 206 Å². The normalized spacial score (nSPS) is 13.8. The van der Waals surface area contributed by atoms with E-state index in [1.54, 1.807) is 5.32 Å². The van der Waals surface area contributed by atoms with Crippen LogP contribution < -0.4 is 5.32 Å². The quantitative estimate of drug-likeness (QED) is 0.184. The largest absolute Gasteiger partial charge is 0.527 e. The summed E-state index contributed by atoms with van der Waals surface area (Å²) in [7, 11) is 0. The van der Waals surface area contributed by atoms with Gasteiger partial charge in [-0.15, -0.1) is 13.2 Å². The first-order valence-electron chi connectivity index (χ1n) is 9.46. The maximum atomic E-state index is 14.4. The summed E-state index contributed by atoms with van der Waals surface area (Å²) in [5.74, 6) is -15.0. The number of carbonyl (C=O) groups excluding carboxylic acids is 1. The Hall–Kier alpha value is -3.68. The Balaban J connectivity index is 2.37. The van der Waals surface area contributed by atoms with Crippen molar-refractivity contribution in [1.29, 1.82) is 0 Å². The second-order valence-corrected chi connectivity index (χ2v) is 7.16. The Bertz CT molecular complexity index is 1230. The van der Waals surface area contributed by atoms with E-state index in [2.05, 4.69) is 0 Å². The van der Waals surface area contributed by atoms with Crippen LogP contribution >= 0.6 is 0 Å². The number of nitro benzene ring substituents is 1. The highest BCUT2D eigenvalue weighted by Gasteiger charge is 2.80. The molecule has 20 heteroatoms. The molecule has 0 aliphatic heterocycles. The summed E-state index contributed by atoms with van der Waals surface area (Å²) in [4.78, 5) is 22.2. The van der Waals surface area contributed by atoms with Gasteiger partial charge in [0, 0.05) is 17.3 Å². The molecule has 0 unspecified atom stereocenters. The third-order valence-corrected chi connectivity index (χ3v) is 4.43. The molecule has 2 aromatic rings. The predicted octanol–water partition coefficient (Wildman–Crippen LogP) is 6.91. The monoisotopic (exact) mass is 592 g/mol. The number of hydrogen-bond donors (Lipinski definition) is 1. The lowest BCUT2D eigenvalue weighted by Crippen LogP contribution is -2.61. The second kappa shape index (κ2) is 10.1. The van der Waals surface area contributed by atoms with Crippen molar-refractivity contribution in [1.82, 2.24) is 0 Å². The van der Waals surface area contributed by atoms with Crippen molar-refractivity contribution in [2.24, 2.45) is 0 Å². The number of ether oxygens (including phenoxy) is 2. The SMILES string of the molecule is O=C(Nc1cccc(C(F)(F)C(F)(F)OC(F)(F)C(F)(F)C(F)(F)OC(F)(F)F)c1)c1ccccc1[N+](=O)[O-]. The number of para-hydroxylation sites is 1. The van der Waals surface area contributed by atoms with E-state index in [0.717, 1.165) is 30.3 Å². The summed E-state index contributed by atoms with van der Waals surface area (Å²) >= 11 is 0. The number of halogens is 13. The van der Waals surface area contributed by atoms with Gasteiger partial charge in [-0.3, -0.25) is 14.9 Å². The fraction of sp³-hybridized carbons (Fsp3) is 0.316. The maximum Gasteiger partial charge on any atom is 0.527 e. The highest BCUT2D eigenvalue weighted by Crippen LogP contribution is 2.54. The smallest absolute Gasteiger partial charge is 0.322 e. The van der Waals surface area contributed by atoms with E-state index in [9.17, 15) is 72.0 Å². The number of alkyl halides is 13. The van der Waals surface area contributed by atoms with E-state index in [-0.39, 0.29) is 12.1 Å². The number of benzene rings is 2. The van der Waals surface area contributed by atoms with Crippen LogP contribution in [0.4, 0.5) is 68.5 Å². The fourth-order valence-electron chi connectivity index (χ4n) is 2.65. The molecule has 1 amide bonds. The van der Waals surface area contributed by atoms with Crippen molar-refractivity contribution in [3.8, 4) is 0 Å². The molecule has 2 rings (SSSR count). The van der Waals surface area contributed by atoms with Gasteiger partial charge < -0.3 is 5.32 Å². The van der Waals surface area contributed by atoms with Crippen LogP contribution in [0.25, 0.3) is 0 Å². The molecule has 39 heavy (non-hydrogen) atoms. The highest BCUT2D eigenvalue weighted by molar-refractivity contribution is 6.07. The Morgan fingerprint density at radius 2 is 1.28 bits per heavy atom. The molecule has 2 aromatic carbocycles. The van der Waals surface area contributed by atoms with E-state index in [1.165, 1.54) is 4.74 Å². The van der Waals surface area contributed by atoms with Crippen molar-refractivity contribution in [3.63, 3.8) is 0 Å². The Morgan fingerprint density at radius 3 is 1.82 bits per heavy atom. The van der Waals surface area contributed by atoms with E-state index in [1.807, 2.05) is 4.74 Å². The number of nitrogens with zero attached hydrogens (tertiary/aromatic N) is 1. The minimum absolute atomic E-state index is 0.0511. The lowest BCUT2D eigenvalue weighted by molar-refractivity contribution is -0.535. The van der Waals surface area contributed by atoms with Gasteiger partial charge >= 0.3 is 36.5 Å². The van der Waals surface area contributed by atoms with Gasteiger partial charge in [0.15, 0.2) is 0 Å². The number of hydrogen-bond acceptors (Lipinski definition) is 5. The second-order valence-electron chi connectivity index (χ2n) is 7.16. The lowest BCUT2D eigenvalue weighted by atomic mass is 10.1. The van der Waals surface area contributed by atoms with E-state index in [0.29, 0.717) is 6.07 Å². The third-order valence-electron chi connectivity index (χ3n) is 4.43. The minimum Gasteiger partial charge on any atom is -0.322 e. The van der Waals surface area contributed by atoms with Crippen LogP contribution in [0.3, 0.4) is 0 Å². The van der Waals surface area contributed by atoms with Crippen LogP contribution in [0.2, 0.25) is 0 Å². The molecule has 0 heterocycles. The first-order valence-corrected chi connectivity index (χ1v) is 9.46. The molecule has 0 saturated heterocycles. The van der Waals surface area contributed by atoms with E-state index < -0.39 is 69.9 Å². The molecule has 0 spiro atoms. The summed E-state index contributed by atoms with van der Waals surface area (Å²) in [5.41, 5.74) is -4.35. The first-order chi connectivity index (χ1) is 17.5. The molecule has 0 aliphatic carbocycles. The topological polar surface area (TPSA) is 90.7 Å². The highest BCUT2D eigenvalue weighted by atomic mass is 19.4. The predicted molar refractivity (Wildman–Crippen MR) is 99.4 cm³/mol. The molecule has 0 saturated carbocycles. The molecular weight excluding hydrogens is 583 g/mol. The lowest BCUT2D eigenvalue weighted by Gasteiger charge is -2.35. The summed E-state index contributed by atoms with van der Waals surface area (Å²) in [6.07, 6.45) is -28.2. The van der Waals surface area contributed by atoms with Crippen LogP contribution in [0.15, 0.2) is 48.5 Å². The van der Waals surface area contributed by atoms with Crippen LogP contribution in [-0.4, -0.2) is 41.4 Å². The van der Waals surface area contributed by atoms with E-state index in [4.69, 9.17) is 0 Å². The molecule has 0 bridgehead atoms. The summed E-state index contributed by atoms with van der Waals surface area (Å²) < 4.78 is 176. The number of nitrogens with one attached hydrogen (secondary N) is 1. The van der Waals surface area contributed by atoms with Crippen molar-refractivity contribution in [3.05, 3.63) is 69.8 Å². The molecule has 0 aliphatic rings. The van der Waals surface area contributed by atoms with Gasteiger partial charge in [0.2, 0.25) is 0 Å². The first kappa shape index (κ1) is 31.5. The third kappa shape index (κ3) is 6.49. The summed E-state index contributed by atoms with van der Waals surface area (Å²) in [6, 6.07) is 5.24. The van der Waals surface area contributed by atoms with Crippen LogP contribution in [-0.2, 0) is 15.4 Å². The molecule has 0 fully saturated rings. The molecule has 0 aromatic heterocycles. The van der Waals surface area contributed by atoms with Crippen molar-refractivity contribution >= 4 is 17.3 Å².